The van der Waals surface area contributed by atoms with Gasteiger partial charge in [0, 0.05) is 55.0 Å². The number of piperazine rings is 1. The quantitative estimate of drug-likeness (QED) is 0.594. The van der Waals surface area contributed by atoms with E-state index in [1.165, 1.54) is 0 Å². The van der Waals surface area contributed by atoms with Gasteiger partial charge in [-0.05, 0) is 30.3 Å². The predicted octanol–water partition coefficient (Wildman–Crippen LogP) is 2.08. The van der Waals surface area contributed by atoms with Crippen LogP contribution in [0.5, 0.6) is 5.75 Å². The first-order valence-corrected chi connectivity index (χ1v) is 9.99. The van der Waals surface area contributed by atoms with Crippen LogP contribution in [-0.2, 0) is 16.1 Å². The van der Waals surface area contributed by atoms with Gasteiger partial charge in [0.25, 0.3) is 0 Å². The van der Waals surface area contributed by atoms with Crippen LogP contribution in [0.3, 0.4) is 0 Å². The molecule has 1 aliphatic heterocycles. The fourth-order valence-corrected chi connectivity index (χ4v) is 4.16. The van der Waals surface area contributed by atoms with E-state index in [9.17, 15) is 19.8 Å². The number of pyridine rings is 1. The molecular formula is C22H24N4O5. The van der Waals surface area contributed by atoms with Gasteiger partial charge in [0.05, 0.1) is 7.11 Å². The number of hydrogen-bond acceptors (Lipinski definition) is 6. The second kappa shape index (κ2) is 8.65. The summed E-state index contributed by atoms with van der Waals surface area (Å²) in [6, 6.07) is 10.1. The molecule has 4 rings (SSSR count). The van der Waals surface area contributed by atoms with Crippen LogP contribution in [0.25, 0.3) is 10.9 Å². The Balaban J connectivity index is 1.67. The second-order valence-corrected chi connectivity index (χ2v) is 7.44. The molecule has 0 bridgehead atoms. The lowest BCUT2D eigenvalue weighted by Gasteiger charge is -2.38. The van der Waals surface area contributed by atoms with Crippen LogP contribution >= 0.6 is 0 Å². The summed E-state index contributed by atoms with van der Waals surface area (Å²) in [6.07, 6.45) is 3.38. The molecule has 9 heteroatoms. The van der Waals surface area contributed by atoms with Gasteiger partial charge in [-0.2, -0.15) is 0 Å². The number of rotatable bonds is 7. The molecule has 1 aromatic carbocycles. The number of carboxylic acids is 2. The van der Waals surface area contributed by atoms with Crippen molar-refractivity contribution >= 4 is 28.7 Å². The van der Waals surface area contributed by atoms with Gasteiger partial charge in [-0.15, -0.1) is 0 Å². The van der Waals surface area contributed by atoms with Crippen LogP contribution in [0.15, 0.2) is 48.8 Å². The highest BCUT2D eigenvalue weighted by Gasteiger charge is 2.33. The van der Waals surface area contributed by atoms with Gasteiger partial charge in [-0.25, -0.2) is 4.98 Å². The molecule has 1 atom stereocenters. The lowest BCUT2D eigenvalue weighted by atomic mass is 10.0. The number of carbonyl (C=O) groups is 2. The van der Waals surface area contributed by atoms with E-state index >= 15 is 0 Å². The molecule has 0 saturated carbocycles. The first-order valence-electron chi connectivity index (χ1n) is 9.99. The number of methoxy groups -OCH3 is 1. The summed E-state index contributed by atoms with van der Waals surface area (Å²) < 4.78 is 6.89. The van der Waals surface area contributed by atoms with Gasteiger partial charge >= 0.3 is 11.9 Å². The Labute approximate surface area is 179 Å². The minimum atomic E-state index is -0.991. The summed E-state index contributed by atoms with van der Waals surface area (Å²) in [7, 11) is 1.54. The largest absolute Gasteiger partial charge is 0.497 e. The van der Waals surface area contributed by atoms with E-state index in [0.29, 0.717) is 48.4 Å². The molecule has 31 heavy (non-hydrogen) atoms. The molecule has 1 aliphatic rings. The average molecular weight is 424 g/mol. The van der Waals surface area contributed by atoms with Crippen molar-refractivity contribution in [1.82, 2.24) is 14.5 Å². The van der Waals surface area contributed by atoms with Crippen molar-refractivity contribution in [2.75, 3.05) is 38.2 Å². The van der Waals surface area contributed by atoms with Gasteiger partial charge in [-0.3, -0.25) is 14.5 Å². The Kier molecular flexibility index (Phi) is 5.77. The fraction of sp³-hybridized carbons (Fsp3) is 0.318. The fourth-order valence-electron chi connectivity index (χ4n) is 4.16. The molecule has 1 fully saturated rings. The standard InChI is InChI=1S/C22H24N4O5/c1-31-15-5-6-18-16(12-15)17(13-26(18)14-20(27)28)21(22(29)30)25-10-8-24(9-11-25)19-4-2-3-7-23-19/h2-7,12-13,21H,8-11,14H2,1H3,(H,27,28)(H,29,30)/t21-/m0/s1. The molecule has 1 saturated heterocycles. The summed E-state index contributed by atoms with van der Waals surface area (Å²) in [5, 5.41) is 20.1. The topological polar surface area (TPSA) is 108 Å². The van der Waals surface area contributed by atoms with E-state index in [-0.39, 0.29) is 6.54 Å². The van der Waals surface area contributed by atoms with E-state index in [4.69, 9.17) is 4.74 Å². The molecular weight excluding hydrogens is 400 g/mol. The Hall–Kier alpha value is -3.59. The van der Waals surface area contributed by atoms with E-state index in [0.717, 1.165) is 5.82 Å². The third kappa shape index (κ3) is 4.17. The van der Waals surface area contributed by atoms with Gasteiger partial charge in [0.15, 0.2) is 0 Å². The number of anilines is 1. The Morgan fingerprint density at radius 3 is 2.52 bits per heavy atom. The van der Waals surface area contributed by atoms with Gasteiger partial charge in [-0.1, -0.05) is 6.07 Å². The van der Waals surface area contributed by atoms with Crippen LogP contribution in [0.2, 0.25) is 0 Å². The molecule has 3 heterocycles. The normalized spacial score (nSPS) is 15.7. The third-order valence-corrected chi connectivity index (χ3v) is 5.61. The van der Waals surface area contributed by atoms with E-state index in [1.54, 1.807) is 42.3 Å². The molecule has 2 N–H and O–H groups in total. The summed E-state index contributed by atoms with van der Waals surface area (Å²) in [6.45, 7) is 2.14. The number of fused-ring (bicyclic) bond motifs is 1. The van der Waals surface area contributed by atoms with Crippen LogP contribution in [0, 0.1) is 0 Å². The summed E-state index contributed by atoms with van der Waals surface area (Å²) in [5.41, 5.74) is 1.23. The Morgan fingerprint density at radius 2 is 1.90 bits per heavy atom. The lowest BCUT2D eigenvalue weighted by molar-refractivity contribution is -0.143. The van der Waals surface area contributed by atoms with Crippen molar-refractivity contribution in [2.45, 2.75) is 12.6 Å². The van der Waals surface area contributed by atoms with Gasteiger partial charge in [0.2, 0.25) is 0 Å². The zero-order valence-corrected chi connectivity index (χ0v) is 17.1. The summed E-state index contributed by atoms with van der Waals surface area (Å²) in [4.78, 5) is 32.1. The number of ether oxygens (including phenoxy) is 1. The number of aromatic nitrogens is 2. The molecule has 0 amide bonds. The molecule has 0 radical (unpaired) electrons. The van der Waals surface area contributed by atoms with Crippen LogP contribution in [-0.4, -0.2) is 69.9 Å². The highest BCUT2D eigenvalue weighted by molar-refractivity contribution is 5.91. The molecule has 162 valence electrons. The molecule has 3 aromatic rings. The van der Waals surface area contributed by atoms with Crippen molar-refractivity contribution in [1.29, 1.82) is 0 Å². The van der Waals surface area contributed by atoms with Crippen LogP contribution < -0.4 is 9.64 Å². The monoisotopic (exact) mass is 424 g/mol. The molecule has 0 aliphatic carbocycles. The number of benzene rings is 1. The summed E-state index contributed by atoms with van der Waals surface area (Å²) in [5.74, 6) is -0.499. The SMILES string of the molecule is COc1ccc2c(c1)c([C@@H](C(=O)O)N1CCN(c3ccccn3)CC1)cn2CC(=O)O. The first-order chi connectivity index (χ1) is 15.0. The van der Waals surface area contributed by atoms with Crippen molar-refractivity contribution in [3.05, 3.63) is 54.4 Å². The average Bonchev–Trinajstić information content (AvgIpc) is 3.11. The maximum Gasteiger partial charge on any atom is 0.325 e. The molecule has 0 spiro atoms. The van der Waals surface area contributed by atoms with Crippen LogP contribution in [0.1, 0.15) is 11.6 Å². The van der Waals surface area contributed by atoms with Crippen LogP contribution in [0.4, 0.5) is 5.82 Å². The minimum absolute atomic E-state index is 0.247. The predicted molar refractivity (Wildman–Crippen MR) is 115 cm³/mol. The first kappa shape index (κ1) is 20.7. The molecule has 0 unspecified atom stereocenters. The smallest absolute Gasteiger partial charge is 0.325 e. The Bertz CT molecular complexity index is 1090. The maximum atomic E-state index is 12.4. The minimum Gasteiger partial charge on any atom is -0.497 e. The van der Waals surface area contributed by atoms with Gasteiger partial charge in [0.1, 0.15) is 24.2 Å². The zero-order chi connectivity index (χ0) is 22.0. The van der Waals surface area contributed by atoms with Gasteiger partial charge < -0.3 is 24.4 Å². The molecule has 2 aromatic heterocycles. The highest BCUT2D eigenvalue weighted by Crippen LogP contribution is 2.34. The number of nitrogens with zero attached hydrogens (tertiary/aromatic N) is 4. The lowest BCUT2D eigenvalue weighted by Crippen LogP contribution is -2.49. The number of carboxylic acid groups (broad SMARTS) is 2. The van der Waals surface area contributed by atoms with Crippen molar-refractivity contribution < 1.29 is 24.5 Å². The molecule has 9 nitrogen and oxygen atoms in total. The Morgan fingerprint density at radius 1 is 1.13 bits per heavy atom. The van der Waals surface area contributed by atoms with E-state index in [2.05, 4.69) is 9.88 Å². The highest BCUT2D eigenvalue weighted by atomic mass is 16.5. The third-order valence-electron chi connectivity index (χ3n) is 5.61. The second-order valence-electron chi connectivity index (χ2n) is 7.44. The van der Waals surface area contributed by atoms with Crippen molar-refractivity contribution in [2.24, 2.45) is 0 Å². The van der Waals surface area contributed by atoms with Crippen molar-refractivity contribution in [3.63, 3.8) is 0 Å². The zero-order valence-electron chi connectivity index (χ0n) is 17.1. The maximum absolute atomic E-state index is 12.4. The number of aliphatic carboxylic acids is 2. The van der Waals surface area contributed by atoms with Crippen molar-refractivity contribution in [3.8, 4) is 5.75 Å². The number of hydrogen-bond donors (Lipinski definition) is 2. The van der Waals surface area contributed by atoms with E-state index in [1.807, 2.05) is 23.1 Å². The van der Waals surface area contributed by atoms with E-state index < -0.39 is 18.0 Å². The summed E-state index contributed by atoms with van der Waals surface area (Å²) >= 11 is 0.